The molecule has 2 aromatic rings. The van der Waals surface area contributed by atoms with E-state index in [0.29, 0.717) is 5.75 Å². The molecule has 0 aliphatic carbocycles. The van der Waals surface area contributed by atoms with Crippen LogP contribution in [0.4, 0.5) is 0 Å². The molecule has 0 aliphatic heterocycles. The summed E-state index contributed by atoms with van der Waals surface area (Å²) in [4.78, 5) is 17.9. The van der Waals surface area contributed by atoms with E-state index < -0.39 is 5.97 Å². The van der Waals surface area contributed by atoms with E-state index in [4.69, 9.17) is 9.84 Å². The van der Waals surface area contributed by atoms with Gasteiger partial charge in [0.2, 0.25) is 5.88 Å². The van der Waals surface area contributed by atoms with Gasteiger partial charge in [-0.1, -0.05) is 16.9 Å². The number of pyridine rings is 1. The van der Waals surface area contributed by atoms with Crippen LogP contribution < -0.4 is 4.74 Å². The molecule has 6 nitrogen and oxygen atoms in total. The van der Waals surface area contributed by atoms with Crippen molar-refractivity contribution in [2.75, 3.05) is 5.75 Å². The standard InChI is InChI=1S/C12H12N2O4S2/c15-9-7-8(12(17)14-9)18-11(16)4-6-19-20-10-3-1-2-5-13-10/h1-3,5,7,14-15,17H,4,6H2. The van der Waals surface area contributed by atoms with E-state index in [1.807, 2.05) is 18.2 Å². The van der Waals surface area contributed by atoms with Crippen molar-refractivity contribution in [3.63, 3.8) is 0 Å². The molecule has 0 atom stereocenters. The normalized spacial score (nSPS) is 10.4. The summed E-state index contributed by atoms with van der Waals surface area (Å²) in [7, 11) is 2.97. The third-order valence-electron chi connectivity index (χ3n) is 2.14. The van der Waals surface area contributed by atoms with Crippen molar-refractivity contribution in [3.05, 3.63) is 30.5 Å². The monoisotopic (exact) mass is 312 g/mol. The minimum atomic E-state index is -0.478. The zero-order valence-corrected chi connectivity index (χ0v) is 11.9. The molecule has 0 radical (unpaired) electrons. The van der Waals surface area contributed by atoms with E-state index in [1.165, 1.54) is 21.6 Å². The van der Waals surface area contributed by atoms with Gasteiger partial charge in [0, 0.05) is 18.0 Å². The molecule has 20 heavy (non-hydrogen) atoms. The average Bonchev–Trinajstić information content (AvgIpc) is 2.74. The highest BCUT2D eigenvalue weighted by Crippen LogP contribution is 2.31. The number of aromatic amines is 1. The van der Waals surface area contributed by atoms with E-state index in [1.54, 1.807) is 6.20 Å². The van der Waals surface area contributed by atoms with Crippen LogP contribution in [0.5, 0.6) is 17.5 Å². The number of hydrogen-bond donors (Lipinski definition) is 3. The van der Waals surface area contributed by atoms with Crippen molar-refractivity contribution in [1.29, 1.82) is 0 Å². The number of nitrogens with zero attached hydrogens (tertiary/aromatic N) is 1. The number of H-pyrrole nitrogens is 1. The first-order chi connectivity index (χ1) is 9.65. The molecule has 2 aromatic heterocycles. The van der Waals surface area contributed by atoms with Crippen molar-refractivity contribution < 1.29 is 19.7 Å². The lowest BCUT2D eigenvalue weighted by Crippen LogP contribution is -2.08. The minimum absolute atomic E-state index is 0.0742. The largest absolute Gasteiger partial charge is 0.494 e. The zero-order valence-electron chi connectivity index (χ0n) is 10.3. The molecule has 0 fully saturated rings. The summed E-state index contributed by atoms with van der Waals surface area (Å²) in [5.41, 5.74) is 0. The number of aromatic hydroxyl groups is 2. The number of nitrogens with one attached hydrogen (secondary N) is 1. The van der Waals surface area contributed by atoms with Gasteiger partial charge in [-0.15, -0.1) is 0 Å². The third-order valence-corrected chi connectivity index (χ3v) is 4.41. The lowest BCUT2D eigenvalue weighted by atomic mass is 10.5. The van der Waals surface area contributed by atoms with Gasteiger partial charge in [0.15, 0.2) is 11.6 Å². The molecule has 3 N–H and O–H groups in total. The van der Waals surface area contributed by atoms with Crippen LogP contribution >= 0.6 is 21.6 Å². The molecule has 0 bridgehead atoms. The second kappa shape index (κ2) is 7.11. The highest BCUT2D eigenvalue weighted by Gasteiger charge is 2.12. The molecule has 2 rings (SSSR count). The summed E-state index contributed by atoms with van der Waals surface area (Å²) in [5, 5.41) is 19.2. The minimum Gasteiger partial charge on any atom is -0.494 e. The van der Waals surface area contributed by atoms with Gasteiger partial charge in [-0.05, 0) is 22.9 Å². The van der Waals surface area contributed by atoms with Crippen molar-refractivity contribution >= 4 is 27.6 Å². The summed E-state index contributed by atoms with van der Waals surface area (Å²) in [6, 6.07) is 6.76. The Kier molecular flexibility index (Phi) is 5.19. The Balaban J connectivity index is 1.69. The summed E-state index contributed by atoms with van der Waals surface area (Å²) >= 11 is 0. The van der Waals surface area contributed by atoms with Gasteiger partial charge in [0.25, 0.3) is 0 Å². The first-order valence-electron chi connectivity index (χ1n) is 5.67. The molecular weight excluding hydrogens is 300 g/mol. The van der Waals surface area contributed by atoms with Crippen LogP contribution in [-0.2, 0) is 4.79 Å². The van der Waals surface area contributed by atoms with E-state index in [2.05, 4.69) is 9.97 Å². The molecule has 0 amide bonds. The molecule has 0 aliphatic rings. The summed E-state index contributed by atoms with van der Waals surface area (Å²) in [5.74, 6) is -0.628. The van der Waals surface area contributed by atoms with Crippen molar-refractivity contribution in [1.82, 2.24) is 9.97 Å². The number of ether oxygens (including phenoxy) is 1. The maximum Gasteiger partial charge on any atom is 0.312 e. The molecule has 0 unspecified atom stereocenters. The van der Waals surface area contributed by atoms with Crippen LogP contribution in [0.15, 0.2) is 35.5 Å². The highest BCUT2D eigenvalue weighted by atomic mass is 33.1. The van der Waals surface area contributed by atoms with E-state index in [0.717, 1.165) is 11.1 Å². The third kappa shape index (κ3) is 4.39. The topological polar surface area (TPSA) is 95.4 Å². The van der Waals surface area contributed by atoms with Crippen LogP contribution in [0.3, 0.4) is 0 Å². The molecule has 0 aromatic carbocycles. The Hall–Kier alpha value is -1.80. The lowest BCUT2D eigenvalue weighted by Gasteiger charge is -2.02. The summed E-state index contributed by atoms with van der Waals surface area (Å²) in [6.45, 7) is 0. The molecule has 0 spiro atoms. The Morgan fingerprint density at radius 3 is 2.90 bits per heavy atom. The van der Waals surface area contributed by atoms with Crippen LogP contribution in [0.2, 0.25) is 0 Å². The molecule has 2 heterocycles. The van der Waals surface area contributed by atoms with Gasteiger partial charge >= 0.3 is 5.97 Å². The predicted molar refractivity (Wildman–Crippen MR) is 76.9 cm³/mol. The zero-order chi connectivity index (χ0) is 14.4. The fraction of sp³-hybridized carbons (Fsp3) is 0.167. The smallest absolute Gasteiger partial charge is 0.312 e. The maximum atomic E-state index is 11.5. The van der Waals surface area contributed by atoms with Gasteiger partial charge in [-0.3, -0.25) is 9.78 Å². The van der Waals surface area contributed by atoms with Gasteiger partial charge < -0.3 is 14.9 Å². The number of hydrogen-bond acceptors (Lipinski definition) is 7. The molecule has 0 saturated heterocycles. The Labute approximate surface area is 123 Å². The molecular formula is C12H12N2O4S2. The van der Waals surface area contributed by atoms with Crippen LogP contribution in [0.1, 0.15) is 6.42 Å². The van der Waals surface area contributed by atoms with Gasteiger partial charge in [-0.25, -0.2) is 4.98 Å². The first kappa shape index (κ1) is 14.6. The van der Waals surface area contributed by atoms with Crippen molar-refractivity contribution in [3.8, 4) is 17.5 Å². The average molecular weight is 312 g/mol. The van der Waals surface area contributed by atoms with Crippen LogP contribution in [0.25, 0.3) is 0 Å². The SMILES string of the molecule is O=C(CCSSc1ccccn1)Oc1cc(O)[nH]c1O. The molecule has 8 heteroatoms. The van der Waals surface area contributed by atoms with Gasteiger partial charge in [0.05, 0.1) is 6.42 Å². The Bertz CT molecular complexity index is 574. The quantitative estimate of drug-likeness (QED) is 0.428. The van der Waals surface area contributed by atoms with E-state index in [-0.39, 0.29) is 23.9 Å². The molecule has 0 saturated carbocycles. The highest BCUT2D eigenvalue weighted by molar-refractivity contribution is 8.76. The van der Waals surface area contributed by atoms with E-state index >= 15 is 0 Å². The second-order valence-corrected chi connectivity index (χ2v) is 6.10. The van der Waals surface area contributed by atoms with Crippen molar-refractivity contribution in [2.24, 2.45) is 0 Å². The van der Waals surface area contributed by atoms with Crippen LogP contribution in [0, 0.1) is 0 Å². The molecule has 106 valence electrons. The number of rotatable bonds is 6. The number of esters is 1. The number of carbonyl (C=O) groups excluding carboxylic acids is 1. The number of carbonyl (C=O) groups is 1. The number of aromatic nitrogens is 2. The Morgan fingerprint density at radius 2 is 2.25 bits per heavy atom. The first-order valence-corrected chi connectivity index (χ1v) is 7.99. The van der Waals surface area contributed by atoms with Gasteiger partial charge in [-0.2, -0.15) is 0 Å². The van der Waals surface area contributed by atoms with E-state index in [9.17, 15) is 9.90 Å². The van der Waals surface area contributed by atoms with Crippen molar-refractivity contribution in [2.45, 2.75) is 11.4 Å². The summed E-state index contributed by atoms with van der Waals surface area (Å²) in [6.07, 6.45) is 1.90. The van der Waals surface area contributed by atoms with Gasteiger partial charge in [0.1, 0.15) is 5.03 Å². The fourth-order valence-electron chi connectivity index (χ4n) is 1.29. The maximum absolute atomic E-state index is 11.5. The Morgan fingerprint density at radius 1 is 1.40 bits per heavy atom. The predicted octanol–water partition coefficient (Wildman–Crippen LogP) is 2.56. The fourth-order valence-corrected chi connectivity index (χ4v) is 3.14. The second-order valence-electron chi connectivity index (χ2n) is 3.66. The van der Waals surface area contributed by atoms with Crippen LogP contribution in [-0.4, -0.2) is 31.9 Å². The summed E-state index contributed by atoms with van der Waals surface area (Å²) < 4.78 is 4.90. The lowest BCUT2D eigenvalue weighted by molar-refractivity contribution is -0.134.